The van der Waals surface area contributed by atoms with E-state index in [1.807, 2.05) is 0 Å². The molecule has 5 nitrogen and oxygen atoms in total. The number of aromatic hydroxyl groups is 2. The number of rotatable bonds is 4. The minimum absolute atomic E-state index is 0.0429. The third-order valence-corrected chi connectivity index (χ3v) is 6.46. The van der Waals surface area contributed by atoms with Gasteiger partial charge >= 0.3 is 0 Å². The standard InChI is InChI=1S/C19H23ClN2O3/c20-15-4-14(5-16(23)18(15)25)10-21-22-17(24)9-19-6-11-1-12(7-19)3-13(2-11)8-19/h4-5,10-13,23,25H,1-3,6-9H2,(H,22,24)/b21-10+. The molecule has 4 aliphatic carbocycles. The van der Waals surface area contributed by atoms with Crippen LogP contribution in [0.5, 0.6) is 11.5 Å². The minimum atomic E-state index is -0.357. The van der Waals surface area contributed by atoms with Crippen molar-refractivity contribution in [2.24, 2.45) is 28.3 Å². The predicted molar refractivity (Wildman–Crippen MR) is 95.7 cm³/mol. The molecule has 0 aliphatic heterocycles. The summed E-state index contributed by atoms with van der Waals surface area (Å²) < 4.78 is 0. The van der Waals surface area contributed by atoms with E-state index in [4.69, 9.17) is 11.6 Å². The van der Waals surface area contributed by atoms with Crippen molar-refractivity contribution in [2.45, 2.75) is 44.9 Å². The molecular formula is C19H23ClN2O3. The third kappa shape index (κ3) is 3.34. The van der Waals surface area contributed by atoms with Crippen LogP contribution in [0, 0.1) is 23.2 Å². The SMILES string of the molecule is O=C(CC12CC3CC(CC(C3)C1)C2)N/N=C/c1cc(O)c(O)c(Cl)c1. The molecule has 0 radical (unpaired) electrons. The number of hydrogen-bond donors (Lipinski definition) is 3. The van der Waals surface area contributed by atoms with Gasteiger partial charge in [-0.3, -0.25) is 4.79 Å². The first-order valence-electron chi connectivity index (χ1n) is 8.96. The summed E-state index contributed by atoms with van der Waals surface area (Å²) in [4.78, 5) is 12.4. The van der Waals surface area contributed by atoms with Crippen LogP contribution in [0.1, 0.15) is 50.5 Å². The molecule has 0 unspecified atom stereocenters. The summed E-state index contributed by atoms with van der Waals surface area (Å²) in [6.45, 7) is 0. The molecule has 0 aromatic heterocycles. The Morgan fingerprint density at radius 1 is 1.20 bits per heavy atom. The minimum Gasteiger partial charge on any atom is -0.504 e. The molecule has 4 saturated carbocycles. The van der Waals surface area contributed by atoms with Crippen molar-refractivity contribution < 1.29 is 15.0 Å². The Balaban J connectivity index is 1.37. The van der Waals surface area contributed by atoms with E-state index >= 15 is 0 Å². The summed E-state index contributed by atoms with van der Waals surface area (Å²) >= 11 is 5.81. The fraction of sp³-hybridized carbons (Fsp3) is 0.579. The average Bonchev–Trinajstić information content (AvgIpc) is 2.50. The molecule has 0 heterocycles. The second kappa shape index (κ2) is 6.20. The van der Waals surface area contributed by atoms with Crippen molar-refractivity contribution in [1.82, 2.24) is 5.43 Å². The largest absolute Gasteiger partial charge is 0.504 e. The molecule has 1 aromatic carbocycles. The zero-order valence-electron chi connectivity index (χ0n) is 14.0. The van der Waals surface area contributed by atoms with Crippen LogP contribution in [0.2, 0.25) is 5.02 Å². The van der Waals surface area contributed by atoms with Gasteiger partial charge in [0, 0.05) is 6.42 Å². The van der Waals surface area contributed by atoms with E-state index in [1.165, 1.54) is 56.9 Å². The lowest BCUT2D eigenvalue weighted by Crippen LogP contribution is -2.47. The topological polar surface area (TPSA) is 81.9 Å². The lowest BCUT2D eigenvalue weighted by atomic mass is 9.49. The second-order valence-electron chi connectivity index (χ2n) is 8.26. The number of halogens is 1. The monoisotopic (exact) mass is 362 g/mol. The summed E-state index contributed by atoms with van der Waals surface area (Å²) in [5.41, 5.74) is 3.30. The first kappa shape index (κ1) is 16.7. The first-order valence-corrected chi connectivity index (χ1v) is 9.34. The lowest BCUT2D eigenvalue weighted by molar-refractivity contribution is -0.129. The number of carbonyl (C=O) groups excluding carboxylic acids is 1. The van der Waals surface area contributed by atoms with Gasteiger partial charge in [-0.1, -0.05) is 11.6 Å². The first-order chi connectivity index (χ1) is 11.9. The Morgan fingerprint density at radius 2 is 1.80 bits per heavy atom. The van der Waals surface area contributed by atoms with Crippen molar-refractivity contribution in [2.75, 3.05) is 0 Å². The molecule has 4 bridgehead atoms. The van der Waals surface area contributed by atoms with E-state index < -0.39 is 0 Å². The van der Waals surface area contributed by atoms with Crippen molar-refractivity contribution in [3.8, 4) is 11.5 Å². The number of amides is 1. The number of phenols is 2. The highest BCUT2D eigenvalue weighted by molar-refractivity contribution is 6.32. The van der Waals surface area contributed by atoms with Crippen LogP contribution in [0.4, 0.5) is 0 Å². The quantitative estimate of drug-likeness (QED) is 0.432. The zero-order valence-corrected chi connectivity index (χ0v) is 14.8. The van der Waals surface area contributed by atoms with Crippen LogP contribution < -0.4 is 5.43 Å². The van der Waals surface area contributed by atoms with Gasteiger partial charge < -0.3 is 10.2 Å². The number of phenolic OH excluding ortho intramolecular Hbond substituents is 2. The fourth-order valence-corrected chi connectivity index (χ4v) is 5.97. The molecule has 6 heteroatoms. The molecule has 5 rings (SSSR count). The average molecular weight is 363 g/mol. The van der Waals surface area contributed by atoms with Gasteiger partial charge in [0.25, 0.3) is 0 Å². The highest BCUT2D eigenvalue weighted by Gasteiger charge is 2.51. The van der Waals surface area contributed by atoms with Crippen molar-refractivity contribution in [1.29, 1.82) is 0 Å². The summed E-state index contributed by atoms with van der Waals surface area (Å²) in [5, 5.41) is 23.0. The third-order valence-electron chi connectivity index (χ3n) is 6.17. The van der Waals surface area contributed by atoms with Gasteiger partial charge in [-0.05, 0) is 79.4 Å². The summed E-state index contributed by atoms with van der Waals surface area (Å²) in [6.07, 6.45) is 9.64. The number of nitrogens with one attached hydrogen (secondary N) is 1. The molecule has 1 amide bonds. The van der Waals surface area contributed by atoms with Crippen molar-refractivity contribution in [3.05, 3.63) is 22.7 Å². The highest BCUT2D eigenvalue weighted by atomic mass is 35.5. The smallest absolute Gasteiger partial charge is 0.240 e. The zero-order chi connectivity index (χ0) is 17.6. The maximum absolute atomic E-state index is 12.4. The van der Waals surface area contributed by atoms with Gasteiger partial charge in [0.05, 0.1) is 11.2 Å². The molecule has 1 aromatic rings. The molecule has 4 aliphatic rings. The van der Waals surface area contributed by atoms with Gasteiger partial charge in [0.1, 0.15) is 0 Å². The van der Waals surface area contributed by atoms with Crippen LogP contribution >= 0.6 is 11.6 Å². The summed E-state index contributed by atoms with van der Waals surface area (Å²) in [6, 6.07) is 2.82. The lowest BCUT2D eigenvalue weighted by Gasteiger charge is -2.56. The van der Waals surface area contributed by atoms with Gasteiger partial charge in [0.15, 0.2) is 11.5 Å². The molecule has 0 saturated heterocycles. The maximum atomic E-state index is 12.4. The van der Waals surface area contributed by atoms with Gasteiger partial charge in [-0.25, -0.2) is 5.43 Å². The summed E-state index contributed by atoms with van der Waals surface area (Å²) in [7, 11) is 0. The number of carbonyl (C=O) groups is 1. The number of benzene rings is 1. The van der Waals surface area contributed by atoms with E-state index in [0.29, 0.717) is 12.0 Å². The number of hydrogen-bond acceptors (Lipinski definition) is 4. The Bertz CT molecular complexity index is 673. The second-order valence-corrected chi connectivity index (χ2v) is 8.67. The Labute approximate surface area is 152 Å². The van der Waals surface area contributed by atoms with Crippen LogP contribution in [-0.2, 0) is 4.79 Å². The van der Waals surface area contributed by atoms with E-state index in [-0.39, 0.29) is 27.8 Å². The van der Waals surface area contributed by atoms with Gasteiger partial charge in [-0.15, -0.1) is 0 Å². The van der Waals surface area contributed by atoms with Crippen LogP contribution in [0.15, 0.2) is 17.2 Å². The van der Waals surface area contributed by atoms with Crippen molar-refractivity contribution >= 4 is 23.7 Å². The van der Waals surface area contributed by atoms with Gasteiger partial charge in [-0.2, -0.15) is 5.10 Å². The predicted octanol–water partition coefficient (Wildman–Crippen LogP) is 3.81. The maximum Gasteiger partial charge on any atom is 0.240 e. The Kier molecular flexibility index (Phi) is 4.14. The number of hydrazone groups is 1. The van der Waals surface area contributed by atoms with Crippen LogP contribution in [0.3, 0.4) is 0 Å². The number of nitrogens with zero attached hydrogens (tertiary/aromatic N) is 1. The van der Waals surface area contributed by atoms with E-state index in [2.05, 4.69) is 10.5 Å². The molecule has 134 valence electrons. The molecule has 0 spiro atoms. The van der Waals surface area contributed by atoms with E-state index in [0.717, 1.165) is 17.8 Å². The fourth-order valence-electron chi connectivity index (χ4n) is 5.74. The molecular weight excluding hydrogens is 340 g/mol. The molecule has 25 heavy (non-hydrogen) atoms. The Morgan fingerprint density at radius 3 is 2.36 bits per heavy atom. The molecule has 4 fully saturated rings. The van der Waals surface area contributed by atoms with Crippen LogP contribution in [0.25, 0.3) is 0 Å². The van der Waals surface area contributed by atoms with Crippen LogP contribution in [-0.4, -0.2) is 22.3 Å². The van der Waals surface area contributed by atoms with E-state index in [1.54, 1.807) is 0 Å². The van der Waals surface area contributed by atoms with Crippen molar-refractivity contribution in [3.63, 3.8) is 0 Å². The highest BCUT2D eigenvalue weighted by Crippen LogP contribution is 2.61. The van der Waals surface area contributed by atoms with E-state index in [9.17, 15) is 15.0 Å². The molecule has 0 atom stereocenters. The normalized spacial score (nSPS) is 33.1. The molecule has 3 N–H and O–H groups in total. The summed E-state index contributed by atoms with van der Waals surface area (Å²) in [5.74, 6) is 1.75. The van der Waals surface area contributed by atoms with Gasteiger partial charge in [0.2, 0.25) is 5.91 Å². The Hall–Kier alpha value is -1.75.